The molecular formula is C21H20F3N5O3S2. The van der Waals surface area contributed by atoms with Gasteiger partial charge in [-0.2, -0.15) is 13.2 Å². The molecule has 1 aromatic carbocycles. The normalized spacial score (nSPS) is 15.3. The molecule has 180 valence electrons. The molecule has 0 spiro atoms. The number of carbonyl (C=O) groups is 1. The fourth-order valence-corrected chi connectivity index (χ4v) is 5.37. The van der Waals surface area contributed by atoms with Crippen LogP contribution < -0.4 is 10.2 Å². The summed E-state index contributed by atoms with van der Waals surface area (Å²) in [5, 5.41) is 3.11. The number of anilines is 2. The van der Waals surface area contributed by atoms with Gasteiger partial charge in [-0.15, -0.1) is 0 Å². The van der Waals surface area contributed by atoms with E-state index in [2.05, 4.69) is 20.3 Å². The number of thiazole rings is 1. The lowest BCUT2D eigenvalue weighted by molar-refractivity contribution is -0.141. The number of hydrogen-bond acceptors (Lipinski definition) is 8. The highest BCUT2D eigenvalue weighted by molar-refractivity contribution is 7.90. The van der Waals surface area contributed by atoms with E-state index in [1.54, 1.807) is 30.9 Å². The van der Waals surface area contributed by atoms with Gasteiger partial charge in [-0.1, -0.05) is 23.5 Å². The van der Waals surface area contributed by atoms with Crippen molar-refractivity contribution in [1.82, 2.24) is 15.0 Å². The van der Waals surface area contributed by atoms with E-state index in [0.29, 0.717) is 16.4 Å². The zero-order valence-corrected chi connectivity index (χ0v) is 20.0. The third-order valence-electron chi connectivity index (χ3n) is 5.39. The van der Waals surface area contributed by atoms with E-state index in [0.717, 1.165) is 23.4 Å². The molecule has 3 aromatic rings. The number of aromatic nitrogens is 3. The molecule has 0 aliphatic carbocycles. The molecule has 0 atom stereocenters. The smallest absolute Gasteiger partial charge is 0.325 e. The van der Waals surface area contributed by atoms with E-state index < -0.39 is 27.2 Å². The number of amides is 1. The van der Waals surface area contributed by atoms with Gasteiger partial charge in [0, 0.05) is 12.5 Å². The van der Waals surface area contributed by atoms with Crippen LogP contribution in [0.5, 0.6) is 0 Å². The summed E-state index contributed by atoms with van der Waals surface area (Å²) in [5.41, 5.74) is -0.539. The quantitative estimate of drug-likeness (QED) is 0.556. The Morgan fingerprint density at radius 1 is 1.18 bits per heavy atom. The molecule has 1 amide bonds. The second kappa shape index (κ2) is 8.31. The molecule has 0 saturated carbocycles. The number of carbonyl (C=O) groups excluding carboxylic acids is 1. The molecule has 3 heterocycles. The Morgan fingerprint density at radius 2 is 1.85 bits per heavy atom. The Morgan fingerprint density at radius 3 is 2.44 bits per heavy atom. The Kier molecular flexibility index (Phi) is 5.88. The lowest BCUT2D eigenvalue weighted by atomic mass is 10.0. The minimum absolute atomic E-state index is 0.0296. The minimum atomic E-state index is -4.58. The monoisotopic (exact) mass is 511 g/mol. The number of alkyl halides is 3. The lowest BCUT2D eigenvalue weighted by Crippen LogP contribution is -2.37. The van der Waals surface area contributed by atoms with Crippen LogP contribution in [0.3, 0.4) is 0 Å². The molecule has 0 saturated heterocycles. The third kappa shape index (κ3) is 4.75. The predicted octanol–water partition coefficient (Wildman–Crippen LogP) is 3.79. The first kappa shape index (κ1) is 24.1. The average molecular weight is 512 g/mol. The van der Waals surface area contributed by atoms with Gasteiger partial charge in [-0.05, 0) is 37.6 Å². The van der Waals surface area contributed by atoms with Crippen LogP contribution in [-0.4, -0.2) is 35.5 Å². The number of rotatable bonds is 5. The number of sulfone groups is 1. The van der Waals surface area contributed by atoms with E-state index >= 15 is 0 Å². The van der Waals surface area contributed by atoms with Crippen LogP contribution in [0.4, 0.5) is 24.3 Å². The average Bonchev–Trinajstić information content (AvgIpc) is 3.24. The van der Waals surface area contributed by atoms with Gasteiger partial charge in [-0.3, -0.25) is 4.79 Å². The first-order chi connectivity index (χ1) is 15.7. The molecule has 34 heavy (non-hydrogen) atoms. The largest absolute Gasteiger partial charge is 0.433 e. The zero-order chi connectivity index (χ0) is 24.9. The number of nitrogens with one attached hydrogen (secondary N) is 1. The van der Waals surface area contributed by atoms with Crippen molar-refractivity contribution in [3.63, 3.8) is 0 Å². The molecule has 1 aliphatic heterocycles. The van der Waals surface area contributed by atoms with Gasteiger partial charge >= 0.3 is 6.18 Å². The summed E-state index contributed by atoms with van der Waals surface area (Å²) < 4.78 is 62.3. The highest BCUT2D eigenvalue weighted by atomic mass is 32.2. The summed E-state index contributed by atoms with van der Waals surface area (Å²) in [6.07, 6.45) is -2.36. The van der Waals surface area contributed by atoms with Gasteiger partial charge in [0.25, 0.3) is 0 Å². The molecule has 4 rings (SSSR count). The van der Waals surface area contributed by atoms with E-state index in [4.69, 9.17) is 0 Å². The van der Waals surface area contributed by atoms with Crippen molar-refractivity contribution < 1.29 is 26.4 Å². The fourth-order valence-electron chi connectivity index (χ4n) is 3.62. The van der Waals surface area contributed by atoms with Crippen LogP contribution in [-0.2, 0) is 39.3 Å². The third-order valence-corrected chi connectivity index (χ3v) is 7.47. The van der Waals surface area contributed by atoms with Gasteiger partial charge in [0.05, 0.1) is 34.0 Å². The van der Waals surface area contributed by atoms with Gasteiger partial charge in [0.2, 0.25) is 11.9 Å². The molecular weight excluding hydrogens is 491 g/mol. The van der Waals surface area contributed by atoms with Crippen LogP contribution in [0.1, 0.15) is 35.7 Å². The Balaban J connectivity index is 1.47. The first-order valence-electron chi connectivity index (χ1n) is 10.0. The molecule has 0 fully saturated rings. The maximum absolute atomic E-state index is 13.1. The van der Waals surface area contributed by atoms with Gasteiger partial charge < -0.3 is 10.2 Å². The first-order valence-corrected chi connectivity index (χ1v) is 12.7. The zero-order valence-electron chi connectivity index (χ0n) is 18.3. The minimum Gasteiger partial charge on any atom is -0.325 e. The topological polar surface area (TPSA) is 105 Å². The number of halogens is 3. The van der Waals surface area contributed by atoms with Crippen molar-refractivity contribution in [2.75, 3.05) is 16.5 Å². The summed E-state index contributed by atoms with van der Waals surface area (Å²) >= 11 is 1.24. The maximum Gasteiger partial charge on any atom is 0.433 e. The second-order valence-corrected chi connectivity index (χ2v) is 11.4. The fraction of sp³-hybridized carbons (Fsp3) is 0.333. The maximum atomic E-state index is 13.1. The van der Waals surface area contributed by atoms with Crippen molar-refractivity contribution in [2.24, 2.45) is 0 Å². The van der Waals surface area contributed by atoms with E-state index in [1.165, 1.54) is 23.5 Å². The van der Waals surface area contributed by atoms with Crippen LogP contribution in [0, 0.1) is 0 Å². The standard InChI is InChI=1S/C21H20F3N5O3S2/c1-20(2)17-14(11-29(20)18-25-9-8-15(26-18)21(22,23)24)33-19(28-17)27-16(30)10-12-4-6-13(7-5-12)34(3,31)32/h4-9H,10-11H2,1-3H3,(H,27,28,30). The summed E-state index contributed by atoms with van der Waals surface area (Å²) in [5.74, 6) is -0.372. The van der Waals surface area contributed by atoms with Crippen molar-refractivity contribution in [2.45, 2.75) is 43.4 Å². The van der Waals surface area contributed by atoms with Crippen molar-refractivity contribution in [1.29, 1.82) is 0 Å². The highest BCUT2D eigenvalue weighted by Crippen LogP contribution is 2.44. The van der Waals surface area contributed by atoms with Crippen molar-refractivity contribution in [3.8, 4) is 0 Å². The Bertz CT molecular complexity index is 1350. The predicted molar refractivity (Wildman–Crippen MR) is 120 cm³/mol. The lowest BCUT2D eigenvalue weighted by Gasteiger charge is -2.31. The summed E-state index contributed by atoms with van der Waals surface area (Å²) in [4.78, 5) is 27.3. The number of hydrogen-bond donors (Lipinski definition) is 1. The summed E-state index contributed by atoms with van der Waals surface area (Å²) in [6, 6.07) is 6.87. The molecule has 8 nitrogen and oxygen atoms in total. The van der Waals surface area contributed by atoms with Crippen molar-refractivity contribution in [3.05, 3.63) is 58.4 Å². The second-order valence-electron chi connectivity index (χ2n) is 8.32. The molecule has 13 heteroatoms. The number of fused-ring (bicyclic) bond motifs is 1. The number of benzene rings is 1. The van der Waals surface area contributed by atoms with Crippen LogP contribution in [0.15, 0.2) is 41.4 Å². The SMILES string of the molecule is CC1(C)c2nc(NC(=O)Cc3ccc(S(C)(=O)=O)cc3)sc2CN1c1nccc(C(F)(F)F)n1. The van der Waals surface area contributed by atoms with E-state index in [-0.39, 0.29) is 29.7 Å². The summed E-state index contributed by atoms with van der Waals surface area (Å²) in [6.45, 7) is 3.86. The summed E-state index contributed by atoms with van der Waals surface area (Å²) in [7, 11) is -3.32. The van der Waals surface area contributed by atoms with Gasteiger partial charge in [0.15, 0.2) is 15.0 Å². The molecule has 0 bridgehead atoms. The molecule has 1 aliphatic rings. The molecule has 0 unspecified atom stereocenters. The van der Waals surface area contributed by atoms with E-state index in [9.17, 15) is 26.4 Å². The van der Waals surface area contributed by atoms with Crippen LogP contribution in [0.25, 0.3) is 0 Å². The van der Waals surface area contributed by atoms with Gasteiger partial charge in [-0.25, -0.2) is 23.4 Å². The Labute approximate surface area is 197 Å². The van der Waals surface area contributed by atoms with Gasteiger partial charge in [0.1, 0.15) is 5.69 Å². The van der Waals surface area contributed by atoms with Crippen LogP contribution >= 0.6 is 11.3 Å². The van der Waals surface area contributed by atoms with Crippen molar-refractivity contribution >= 4 is 38.2 Å². The number of nitrogens with zero attached hydrogens (tertiary/aromatic N) is 4. The molecule has 1 N–H and O–H groups in total. The molecule has 0 radical (unpaired) electrons. The van der Waals surface area contributed by atoms with Crippen LogP contribution in [0.2, 0.25) is 0 Å². The highest BCUT2D eigenvalue weighted by Gasteiger charge is 2.43. The Hall–Kier alpha value is -3.06. The molecule has 2 aromatic heterocycles. The van der Waals surface area contributed by atoms with E-state index in [1.807, 2.05) is 0 Å².